The highest BCUT2D eigenvalue weighted by Crippen LogP contribution is 2.40. The minimum atomic E-state index is -4.54. The van der Waals surface area contributed by atoms with E-state index in [9.17, 15) is 22.8 Å². The average molecular weight is 517 g/mol. The third-order valence-corrected chi connectivity index (χ3v) is 6.80. The van der Waals surface area contributed by atoms with Gasteiger partial charge in [-0.05, 0) is 56.5 Å². The maximum Gasteiger partial charge on any atom is 0.416 e. The summed E-state index contributed by atoms with van der Waals surface area (Å²) in [5.74, 6) is 0.165. The molecule has 8 nitrogen and oxygen atoms in total. The molecule has 2 aliphatic rings. The van der Waals surface area contributed by atoms with Crippen molar-refractivity contribution >= 4 is 23.2 Å². The van der Waals surface area contributed by atoms with E-state index in [4.69, 9.17) is 9.47 Å². The van der Waals surface area contributed by atoms with Gasteiger partial charge >= 0.3 is 6.18 Å². The molecular formula is C26H27F3N4O4. The molecule has 1 saturated heterocycles. The molecule has 1 aromatic carbocycles. The number of hydrogen-bond acceptors (Lipinski definition) is 6. The van der Waals surface area contributed by atoms with Crippen LogP contribution in [-0.4, -0.2) is 57.8 Å². The summed E-state index contributed by atoms with van der Waals surface area (Å²) in [4.78, 5) is 30.8. The Morgan fingerprint density at radius 1 is 1.22 bits per heavy atom. The minimum absolute atomic E-state index is 0.00713. The average Bonchev–Trinajstić information content (AvgIpc) is 3.53. The first-order chi connectivity index (χ1) is 17.7. The normalized spacial score (nSPS) is 18.1. The Hall–Kier alpha value is -3.47. The molecule has 0 N–H and O–H groups in total. The zero-order chi connectivity index (χ0) is 26.3. The van der Waals surface area contributed by atoms with Crippen molar-refractivity contribution < 1.29 is 32.2 Å². The van der Waals surface area contributed by atoms with Gasteiger partial charge in [0.25, 0.3) is 0 Å². The van der Waals surface area contributed by atoms with Gasteiger partial charge in [-0.2, -0.15) is 18.3 Å². The number of nitrogens with zero attached hydrogens (tertiary/aromatic N) is 4. The molecule has 37 heavy (non-hydrogen) atoms. The summed E-state index contributed by atoms with van der Waals surface area (Å²) in [5, 5.41) is 5.07. The fourth-order valence-corrected chi connectivity index (χ4v) is 4.90. The van der Waals surface area contributed by atoms with Gasteiger partial charge in [0.1, 0.15) is 11.4 Å². The Labute approximate surface area is 211 Å². The molecular weight excluding hydrogens is 489 g/mol. The van der Waals surface area contributed by atoms with E-state index in [1.807, 2.05) is 4.90 Å². The number of likely N-dealkylation sites (tertiary alicyclic amines) is 1. The SMILES string of the molecule is CCOCOc1cc(C(F)(F)F)cc(C)c1-c1ccc2c(C=O)n(CC3CC(=O)N(C4CC4)C3)nc2n1. The zero-order valence-corrected chi connectivity index (χ0v) is 20.5. The molecule has 0 radical (unpaired) electrons. The van der Waals surface area contributed by atoms with E-state index in [0.29, 0.717) is 66.3 Å². The van der Waals surface area contributed by atoms with Crippen molar-refractivity contribution in [2.75, 3.05) is 19.9 Å². The highest BCUT2D eigenvalue weighted by atomic mass is 19.4. The second-order valence-corrected chi connectivity index (χ2v) is 9.52. The van der Waals surface area contributed by atoms with Crippen molar-refractivity contribution in [1.29, 1.82) is 0 Å². The molecule has 2 fully saturated rings. The highest BCUT2D eigenvalue weighted by Gasteiger charge is 2.39. The van der Waals surface area contributed by atoms with E-state index in [1.54, 1.807) is 30.7 Å². The number of ether oxygens (including phenoxy) is 2. The second kappa shape index (κ2) is 9.77. The van der Waals surface area contributed by atoms with Gasteiger partial charge in [0, 0.05) is 49.0 Å². The van der Waals surface area contributed by atoms with Crippen LogP contribution in [0, 0.1) is 12.8 Å². The molecule has 196 valence electrons. The number of carbonyl (C=O) groups excluding carboxylic acids is 2. The number of alkyl halides is 3. The number of benzene rings is 1. The molecule has 11 heteroatoms. The molecule has 1 unspecified atom stereocenters. The summed E-state index contributed by atoms with van der Waals surface area (Å²) in [6.07, 6.45) is -1.34. The lowest BCUT2D eigenvalue weighted by Crippen LogP contribution is -2.27. The van der Waals surface area contributed by atoms with Gasteiger partial charge in [-0.15, -0.1) is 0 Å². The summed E-state index contributed by atoms with van der Waals surface area (Å²) in [7, 11) is 0. The van der Waals surface area contributed by atoms with Crippen LogP contribution in [0.25, 0.3) is 22.3 Å². The number of pyridine rings is 1. The van der Waals surface area contributed by atoms with Crippen molar-refractivity contribution in [1.82, 2.24) is 19.7 Å². The fourth-order valence-electron chi connectivity index (χ4n) is 4.90. The number of amides is 1. The van der Waals surface area contributed by atoms with Gasteiger partial charge in [-0.1, -0.05) is 0 Å². The highest BCUT2D eigenvalue weighted by molar-refractivity contribution is 5.94. The lowest BCUT2D eigenvalue weighted by atomic mass is 10.00. The van der Waals surface area contributed by atoms with Crippen LogP contribution in [0.4, 0.5) is 13.2 Å². The van der Waals surface area contributed by atoms with Crippen LogP contribution in [0.1, 0.15) is 47.8 Å². The van der Waals surface area contributed by atoms with Crippen LogP contribution < -0.4 is 4.74 Å². The maximum atomic E-state index is 13.5. The van der Waals surface area contributed by atoms with Gasteiger partial charge in [0.05, 0.1) is 11.3 Å². The Morgan fingerprint density at radius 2 is 2.00 bits per heavy atom. The van der Waals surface area contributed by atoms with Crippen molar-refractivity contribution in [2.45, 2.75) is 51.9 Å². The predicted molar refractivity (Wildman–Crippen MR) is 128 cm³/mol. The lowest BCUT2D eigenvalue weighted by molar-refractivity contribution is -0.137. The van der Waals surface area contributed by atoms with Gasteiger partial charge in [0.15, 0.2) is 18.7 Å². The first-order valence-electron chi connectivity index (χ1n) is 12.2. The molecule has 0 spiro atoms. The number of aldehydes is 1. The summed E-state index contributed by atoms with van der Waals surface area (Å²) in [5.41, 5.74) is 0.885. The van der Waals surface area contributed by atoms with Crippen LogP contribution in [0.3, 0.4) is 0 Å². The number of halogens is 3. The van der Waals surface area contributed by atoms with Crippen molar-refractivity contribution in [2.24, 2.45) is 5.92 Å². The topological polar surface area (TPSA) is 86.5 Å². The smallest absolute Gasteiger partial charge is 0.416 e. The Bertz CT molecular complexity index is 1350. The third kappa shape index (κ3) is 5.04. The first kappa shape index (κ1) is 25.2. The van der Waals surface area contributed by atoms with Crippen LogP contribution in [0.2, 0.25) is 0 Å². The molecule has 3 heterocycles. The molecule has 2 aromatic heterocycles. The van der Waals surface area contributed by atoms with Crippen LogP contribution >= 0.6 is 0 Å². The molecule has 1 amide bonds. The van der Waals surface area contributed by atoms with Crippen molar-refractivity contribution in [3.63, 3.8) is 0 Å². The standard InChI is InChI=1S/C26H27F3N4O4/c1-3-36-14-37-22-10-17(26(27,28)29)8-15(2)24(22)20-7-6-19-21(13-34)33(31-25(19)30-20)12-16-9-23(35)32(11-16)18-4-5-18/h6-8,10,13,16,18H,3-5,9,11-12,14H2,1-2H3. The zero-order valence-electron chi connectivity index (χ0n) is 20.5. The first-order valence-corrected chi connectivity index (χ1v) is 12.2. The van der Waals surface area contributed by atoms with E-state index in [0.717, 1.165) is 25.0 Å². The van der Waals surface area contributed by atoms with E-state index in [-0.39, 0.29) is 30.0 Å². The second-order valence-electron chi connectivity index (χ2n) is 9.52. The van der Waals surface area contributed by atoms with Gasteiger partial charge in [0.2, 0.25) is 5.91 Å². The molecule has 3 aromatic rings. The lowest BCUT2D eigenvalue weighted by Gasteiger charge is -2.17. The minimum Gasteiger partial charge on any atom is -0.467 e. The van der Waals surface area contributed by atoms with E-state index >= 15 is 0 Å². The van der Waals surface area contributed by atoms with E-state index in [1.165, 1.54) is 0 Å². The van der Waals surface area contributed by atoms with Gasteiger partial charge in [-0.3, -0.25) is 14.3 Å². The third-order valence-electron chi connectivity index (χ3n) is 6.80. The molecule has 1 aliphatic heterocycles. The van der Waals surface area contributed by atoms with E-state index in [2.05, 4.69) is 10.1 Å². The molecule has 1 aliphatic carbocycles. The van der Waals surface area contributed by atoms with Gasteiger partial charge < -0.3 is 14.4 Å². The summed E-state index contributed by atoms with van der Waals surface area (Å²) in [6.45, 7) is 4.48. The van der Waals surface area contributed by atoms with Gasteiger partial charge in [-0.25, -0.2) is 4.98 Å². The predicted octanol–water partition coefficient (Wildman–Crippen LogP) is 4.62. The number of aromatic nitrogens is 3. The van der Waals surface area contributed by atoms with Crippen LogP contribution in [0.15, 0.2) is 24.3 Å². The Morgan fingerprint density at radius 3 is 2.68 bits per heavy atom. The van der Waals surface area contributed by atoms with Crippen LogP contribution in [0.5, 0.6) is 5.75 Å². The maximum absolute atomic E-state index is 13.5. The molecule has 0 bridgehead atoms. The molecule has 5 rings (SSSR count). The number of fused-ring (bicyclic) bond motifs is 1. The summed E-state index contributed by atoms with van der Waals surface area (Å²) < 4.78 is 52.7. The number of rotatable bonds is 9. The quantitative estimate of drug-likeness (QED) is 0.234. The number of hydrogen-bond donors (Lipinski definition) is 0. The Kier molecular flexibility index (Phi) is 6.65. The molecule has 1 atom stereocenters. The fraction of sp³-hybridized carbons (Fsp3) is 0.462. The summed E-state index contributed by atoms with van der Waals surface area (Å²) in [6, 6.07) is 5.65. The summed E-state index contributed by atoms with van der Waals surface area (Å²) >= 11 is 0. The van der Waals surface area contributed by atoms with Crippen molar-refractivity contribution in [3.8, 4) is 17.0 Å². The van der Waals surface area contributed by atoms with Crippen molar-refractivity contribution in [3.05, 3.63) is 41.1 Å². The number of carbonyl (C=O) groups is 2. The van der Waals surface area contributed by atoms with Crippen LogP contribution in [-0.2, 0) is 22.3 Å². The van der Waals surface area contributed by atoms with E-state index < -0.39 is 11.7 Å². The Balaban J connectivity index is 1.49. The number of aryl methyl sites for hydroxylation is 1. The molecule has 1 saturated carbocycles. The largest absolute Gasteiger partial charge is 0.467 e. The monoisotopic (exact) mass is 516 g/mol.